The zero-order valence-corrected chi connectivity index (χ0v) is 6.90. The van der Waals surface area contributed by atoms with Crippen molar-refractivity contribution in [2.45, 2.75) is 0 Å². The molecule has 0 saturated carbocycles. The van der Waals surface area contributed by atoms with Crippen LogP contribution >= 0.6 is 0 Å². The van der Waals surface area contributed by atoms with Gasteiger partial charge in [0.25, 0.3) is 0 Å². The Labute approximate surface area is 70.2 Å². The average Bonchev–Trinajstić information content (AvgIpc) is 2.05. The summed E-state index contributed by atoms with van der Waals surface area (Å²) >= 11 is 0. The molecule has 0 atom stereocenters. The lowest BCUT2D eigenvalue weighted by molar-refractivity contribution is -0.179. The van der Waals surface area contributed by atoms with E-state index in [4.69, 9.17) is 9.62 Å². The fourth-order valence-corrected chi connectivity index (χ4v) is 0.865. The molecule has 0 spiro atoms. The number of methoxy groups -OCH3 is 1. The van der Waals surface area contributed by atoms with Gasteiger partial charge in [-0.2, -0.15) is 4.89 Å². The summed E-state index contributed by atoms with van der Waals surface area (Å²) in [6, 6.07) is 4.76. The SMILES string of the molecule is COOc1cccc(O)c1OC. The molecule has 0 unspecified atom stereocenters. The van der Waals surface area contributed by atoms with Gasteiger partial charge in [-0.3, -0.25) is 0 Å². The van der Waals surface area contributed by atoms with Gasteiger partial charge in [-0.05, 0) is 12.1 Å². The summed E-state index contributed by atoms with van der Waals surface area (Å²) < 4.78 is 4.87. The van der Waals surface area contributed by atoms with E-state index in [0.29, 0.717) is 5.75 Å². The van der Waals surface area contributed by atoms with E-state index in [1.807, 2.05) is 0 Å². The molecule has 0 amide bonds. The Morgan fingerprint density at radius 1 is 1.25 bits per heavy atom. The number of benzene rings is 1. The number of para-hydroxylation sites is 1. The minimum absolute atomic E-state index is 0.0204. The van der Waals surface area contributed by atoms with Gasteiger partial charge < -0.3 is 14.7 Å². The smallest absolute Gasteiger partial charge is 0.211 e. The van der Waals surface area contributed by atoms with Gasteiger partial charge in [0.2, 0.25) is 11.5 Å². The molecular weight excluding hydrogens is 160 g/mol. The van der Waals surface area contributed by atoms with E-state index < -0.39 is 0 Å². The first-order chi connectivity index (χ1) is 5.79. The van der Waals surface area contributed by atoms with Gasteiger partial charge >= 0.3 is 0 Å². The zero-order chi connectivity index (χ0) is 8.97. The molecule has 0 aliphatic rings. The molecule has 0 bridgehead atoms. The molecule has 0 aliphatic carbocycles. The van der Waals surface area contributed by atoms with E-state index in [0.717, 1.165) is 0 Å². The first kappa shape index (κ1) is 8.67. The molecule has 0 radical (unpaired) electrons. The molecule has 12 heavy (non-hydrogen) atoms. The Morgan fingerprint density at radius 2 is 2.00 bits per heavy atom. The monoisotopic (exact) mass is 170 g/mol. The van der Waals surface area contributed by atoms with Crippen LogP contribution in [0.2, 0.25) is 0 Å². The highest BCUT2D eigenvalue weighted by Crippen LogP contribution is 2.35. The van der Waals surface area contributed by atoms with E-state index in [9.17, 15) is 5.11 Å². The first-order valence-corrected chi connectivity index (χ1v) is 3.36. The highest BCUT2D eigenvalue weighted by Gasteiger charge is 2.08. The minimum atomic E-state index is 0.0204. The van der Waals surface area contributed by atoms with Crippen molar-refractivity contribution in [1.29, 1.82) is 0 Å². The van der Waals surface area contributed by atoms with Crippen LogP contribution in [-0.4, -0.2) is 19.3 Å². The van der Waals surface area contributed by atoms with Crippen LogP contribution in [0.25, 0.3) is 0 Å². The number of phenols is 1. The molecule has 66 valence electrons. The molecular formula is C8H10O4. The molecule has 1 aromatic rings. The zero-order valence-electron chi connectivity index (χ0n) is 6.90. The van der Waals surface area contributed by atoms with Crippen LogP contribution < -0.4 is 9.62 Å². The number of phenolic OH excluding ortho intramolecular Hbond substituents is 1. The Bertz CT molecular complexity index is 259. The summed E-state index contributed by atoms with van der Waals surface area (Å²) in [7, 11) is 2.82. The first-order valence-electron chi connectivity index (χ1n) is 3.36. The third-order valence-corrected chi connectivity index (χ3v) is 1.34. The summed E-state index contributed by atoms with van der Waals surface area (Å²) in [6.45, 7) is 0. The lowest BCUT2D eigenvalue weighted by Crippen LogP contribution is -1.94. The third kappa shape index (κ3) is 1.60. The summed E-state index contributed by atoms with van der Waals surface area (Å²) in [5.41, 5.74) is 0. The molecule has 0 fully saturated rings. The quantitative estimate of drug-likeness (QED) is 0.549. The molecule has 4 nitrogen and oxygen atoms in total. The largest absolute Gasteiger partial charge is 0.504 e. The van der Waals surface area contributed by atoms with Crippen LogP contribution in [0.5, 0.6) is 17.2 Å². The summed E-state index contributed by atoms with van der Waals surface area (Å²) in [5.74, 6) is 0.631. The maximum atomic E-state index is 9.26. The van der Waals surface area contributed by atoms with E-state index in [-0.39, 0.29) is 11.5 Å². The van der Waals surface area contributed by atoms with Gasteiger partial charge in [-0.1, -0.05) is 6.07 Å². The molecule has 0 aliphatic heterocycles. The van der Waals surface area contributed by atoms with Gasteiger partial charge in [-0.25, -0.2) is 0 Å². The molecule has 4 heteroatoms. The summed E-state index contributed by atoms with van der Waals surface area (Å²) in [6.07, 6.45) is 0. The Hall–Kier alpha value is -1.42. The van der Waals surface area contributed by atoms with Crippen LogP contribution in [-0.2, 0) is 4.89 Å². The van der Waals surface area contributed by atoms with Crippen molar-refractivity contribution in [2.24, 2.45) is 0 Å². The predicted octanol–water partition coefficient (Wildman–Crippen LogP) is 1.34. The Morgan fingerprint density at radius 3 is 2.58 bits per heavy atom. The second kappa shape index (κ2) is 3.82. The Kier molecular flexibility index (Phi) is 2.76. The molecule has 0 saturated heterocycles. The summed E-state index contributed by atoms with van der Waals surface area (Å²) in [5, 5.41) is 9.26. The van der Waals surface area contributed by atoms with Gasteiger partial charge in [0.15, 0.2) is 5.75 Å². The number of aromatic hydroxyl groups is 1. The molecule has 0 heterocycles. The van der Waals surface area contributed by atoms with E-state index >= 15 is 0 Å². The normalized spacial score (nSPS) is 9.50. The van der Waals surface area contributed by atoms with Gasteiger partial charge in [0.1, 0.15) is 0 Å². The second-order valence-corrected chi connectivity index (χ2v) is 2.06. The Balaban J connectivity index is 3.00. The van der Waals surface area contributed by atoms with Crippen molar-refractivity contribution in [3.8, 4) is 17.2 Å². The molecule has 1 aromatic carbocycles. The van der Waals surface area contributed by atoms with Gasteiger partial charge in [0, 0.05) is 0 Å². The van der Waals surface area contributed by atoms with Crippen molar-refractivity contribution in [2.75, 3.05) is 14.2 Å². The lowest BCUT2D eigenvalue weighted by Gasteiger charge is -2.07. The van der Waals surface area contributed by atoms with E-state index in [2.05, 4.69) is 4.89 Å². The fraction of sp³-hybridized carbons (Fsp3) is 0.250. The number of hydrogen-bond acceptors (Lipinski definition) is 4. The van der Waals surface area contributed by atoms with Crippen LogP contribution in [0, 0.1) is 0 Å². The topological polar surface area (TPSA) is 47.9 Å². The van der Waals surface area contributed by atoms with Gasteiger partial charge in [0.05, 0.1) is 14.2 Å². The van der Waals surface area contributed by atoms with E-state index in [1.165, 1.54) is 20.3 Å². The predicted molar refractivity (Wildman–Crippen MR) is 42.3 cm³/mol. The number of hydrogen-bond donors (Lipinski definition) is 1. The van der Waals surface area contributed by atoms with Crippen molar-refractivity contribution in [3.63, 3.8) is 0 Å². The maximum absolute atomic E-state index is 9.26. The number of ether oxygens (including phenoxy) is 1. The van der Waals surface area contributed by atoms with Crippen LogP contribution in [0.4, 0.5) is 0 Å². The second-order valence-electron chi connectivity index (χ2n) is 2.06. The van der Waals surface area contributed by atoms with Crippen molar-refractivity contribution in [1.82, 2.24) is 0 Å². The summed E-state index contributed by atoms with van der Waals surface area (Å²) in [4.78, 5) is 9.16. The minimum Gasteiger partial charge on any atom is -0.504 e. The van der Waals surface area contributed by atoms with Crippen molar-refractivity contribution in [3.05, 3.63) is 18.2 Å². The van der Waals surface area contributed by atoms with Crippen LogP contribution in [0.15, 0.2) is 18.2 Å². The van der Waals surface area contributed by atoms with E-state index in [1.54, 1.807) is 12.1 Å². The fourth-order valence-electron chi connectivity index (χ4n) is 0.865. The lowest BCUT2D eigenvalue weighted by atomic mass is 10.3. The van der Waals surface area contributed by atoms with Crippen molar-refractivity contribution >= 4 is 0 Å². The molecule has 0 aromatic heterocycles. The van der Waals surface area contributed by atoms with Crippen molar-refractivity contribution < 1.29 is 19.6 Å². The number of rotatable bonds is 3. The third-order valence-electron chi connectivity index (χ3n) is 1.34. The molecule has 1 rings (SSSR count). The average molecular weight is 170 g/mol. The van der Waals surface area contributed by atoms with Crippen LogP contribution in [0.1, 0.15) is 0 Å². The highest BCUT2D eigenvalue weighted by molar-refractivity contribution is 5.49. The maximum Gasteiger partial charge on any atom is 0.211 e. The van der Waals surface area contributed by atoms with Crippen LogP contribution in [0.3, 0.4) is 0 Å². The molecule has 1 N–H and O–H groups in total. The standard InChI is InChI=1S/C8H10O4/c1-10-8-6(9)4-3-5-7(8)12-11-2/h3-5,9H,1-2H3. The highest BCUT2D eigenvalue weighted by atomic mass is 17.2. The van der Waals surface area contributed by atoms with Gasteiger partial charge in [-0.15, -0.1) is 0 Å².